The van der Waals surface area contributed by atoms with Crippen LogP contribution in [0.5, 0.6) is 0 Å². The van der Waals surface area contributed by atoms with Crippen LogP contribution in [0.2, 0.25) is 0 Å². The number of thiazole rings is 1. The molecule has 0 saturated carbocycles. The van der Waals surface area contributed by atoms with Crippen molar-refractivity contribution in [2.75, 3.05) is 7.05 Å². The summed E-state index contributed by atoms with van der Waals surface area (Å²) in [6.45, 7) is 11.1. The SMILES string of the molecule is CC[C@H](C)CC(=O)N(C)C(C[C@@H](OC(C)=O)c1nc(C(=O)NC(Cc2ccccc2)C[C@H](C)C(=O)O)cs1)C(C)C. The maximum absolute atomic E-state index is 13.2. The van der Waals surface area contributed by atoms with Gasteiger partial charge in [0, 0.05) is 44.3 Å². The molecule has 2 amide bonds. The number of nitrogens with one attached hydrogen (secondary N) is 1. The van der Waals surface area contributed by atoms with Crippen LogP contribution >= 0.6 is 11.3 Å². The minimum atomic E-state index is -0.926. The van der Waals surface area contributed by atoms with Gasteiger partial charge >= 0.3 is 11.9 Å². The molecule has 5 atom stereocenters. The molecule has 0 bridgehead atoms. The number of aliphatic carboxylic acids is 1. The molecule has 2 rings (SSSR count). The molecule has 0 saturated heterocycles. The Morgan fingerprint density at radius 1 is 1.07 bits per heavy atom. The van der Waals surface area contributed by atoms with Crippen molar-refractivity contribution in [2.24, 2.45) is 17.8 Å². The summed E-state index contributed by atoms with van der Waals surface area (Å²) in [4.78, 5) is 56.0. The Balaban J connectivity index is 2.24. The third-order valence-electron chi connectivity index (χ3n) is 7.39. The predicted molar refractivity (Wildman–Crippen MR) is 160 cm³/mol. The summed E-state index contributed by atoms with van der Waals surface area (Å²) >= 11 is 1.22. The van der Waals surface area contributed by atoms with Crippen molar-refractivity contribution < 1.29 is 29.0 Å². The van der Waals surface area contributed by atoms with Crippen LogP contribution in [0.1, 0.15) is 94.4 Å². The molecule has 2 unspecified atom stereocenters. The van der Waals surface area contributed by atoms with Gasteiger partial charge in [-0.05, 0) is 30.2 Å². The molecule has 2 aromatic rings. The zero-order valence-corrected chi connectivity index (χ0v) is 26.1. The standard InChI is InChI=1S/C31H45N3O6S/c1-8-20(4)14-28(36)34(7)26(19(2)3)17-27(40-22(6)35)30-33-25(18-41-30)29(37)32-24(15-21(5)31(38)39)16-23-12-10-9-11-13-23/h9-13,18-21,24,26-27H,8,14-17H2,1-7H3,(H,32,37)(H,38,39)/t20-,21-,24?,26?,27+/m0/s1. The van der Waals surface area contributed by atoms with Crippen molar-refractivity contribution in [3.05, 3.63) is 52.0 Å². The van der Waals surface area contributed by atoms with Gasteiger partial charge in [-0.15, -0.1) is 11.3 Å². The maximum atomic E-state index is 13.2. The summed E-state index contributed by atoms with van der Waals surface area (Å²) < 4.78 is 5.66. The second-order valence-electron chi connectivity index (χ2n) is 11.3. The van der Waals surface area contributed by atoms with E-state index < -0.39 is 35.9 Å². The molecule has 1 aromatic heterocycles. The molecule has 0 radical (unpaired) electrons. The average Bonchev–Trinajstić information content (AvgIpc) is 3.41. The van der Waals surface area contributed by atoms with E-state index >= 15 is 0 Å². The first-order valence-corrected chi connectivity index (χ1v) is 15.2. The molecule has 0 spiro atoms. The summed E-state index contributed by atoms with van der Waals surface area (Å²) in [5.41, 5.74) is 1.15. The number of nitrogens with zero attached hydrogens (tertiary/aromatic N) is 2. The molecule has 0 aliphatic rings. The molecule has 10 heteroatoms. The fourth-order valence-electron chi connectivity index (χ4n) is 4.69. The fourth-order valence-corrected chi connectivity index (χ4v) is 5.53. The van der Waals surface area contributed by atoms with E-state index in [0.29, 0.717) is 24.3 Å². The highest BCUT2D eigenvalue weighted by Gasteiger charge is 2.31. The van der Waals surface area contributed by atoms with Gasteiger partial charge in [-0.2, -0.15) is 0 Å². The number of ether oxygens (including phenoxy) is 1. The van der Waals surface area contributed by atoms with Gasteiger partial charge in [-0.1, -0.05) is 71.4 Å². The highest BCUT2D eigenvalue weighted by molar-refractivity contribution is 7.09. The molecule has 0 fully saturated rings. The van der Waals surface area contributed by atoms with E-state index in [9.17, 15) is 24.3 Å². The van der Waals surface area contributed by atoms with Crippen LogP contribution in [0.15, 0.2) is 35.7 Å². The van der Waals surface area contributed by atoms with E-state index in [-0.39, 0.29) is 35.9 Å². The Labute approximate surface area is 247 Å². The molecule has 1 aromatic carbocycles. The van der Waals surface area contributed by atoms with Gasteiger partial charge in [0.2, 0.25) is 5.91 Å². The minimum Gasteiger partial charge on any atom is -0.481 e. The number of rotatable bonds is 16. The number of benzene rings is 1. The molecule has 0 aliphatic heterocycles. The Morgan fingerprint density at radius 3 is 2.29 bits per heavy atom. The largest absolute Gasteiger partial charge is 0.481 e. The van der Waals surface area contributed by atoms with E-state index in [2.05, 4.69) is 17.2 Å². The fraction of sp³-hybridized carbons (Fsp3) is 0.581. The quantitative estimate of drug-likeness (QED) is 0.248. The molecular weight excluding hydrogens is 542 g/mol. The number of hydrogen-bond donors (Lipinski definition) is 2. The first kappa shape index (κ1) is 33.9. The summed E-state index contributed by atoms with van der Waals surface area (Å²) in [7, 11) is 1.78. The lowest BCUT2D eigenvalue weighted by atomic mass is 9.95. The van der Waals surface area contributed by atoms with Gasteiger partial charge in [0.25, 0.3) is 5.91 Å². The van der Waals surface area contributed by atoms with Crippen molar-refractivity contribution in [2.45, 2.75) is 91.8 Å². The molecule has 2 N–H and O–H groups in total. The normalized spacial score (nSPS) is 14.9. The second-order valence-corrected chi connectivity index (χ2v) is 12.2. The van der Waals surface area contributed by atoms with Crippen LogP contribution < -0.4 is 5.32 Å². The van der Waals surface area contributed by atoms with Gasteiger partial charge in [0.1, 0.15) is 10.7 Å². The van der Waals surface area contributed by atoms with Gasteiger partial charge in [-0.25, -0.2) is 4.98 Å². The van der Waals surface area contributed by atoms with Gasteiger partial charge in [-0.3, -0.25) is 19.2 Å². The number of amides is 2. The van der Waals surface area contributed by atoms with Crippen molar-refractivity contribution in [3.63, 3.8) is 0 Å². The number of hydrogen-bond acceptors (Lipinski definition) is 7. The number of aromatic nitrogens is 1. The summed E-state index contributed by atoms with van der Waals surface area (Å²) in [5.74, 6) is -2.06. The first-order valence-electron chi connectivity index (χ1n) is 14.3. The Kier molecular flexibility index (Phi) is 13.4. The second kappa shape index (κ2) is 16.2. The monoisotopic (exact) mass is 587 g/mol. The summed E-state index contributed by atoms with van der Waals surface area (Å²) in [6.07, 6.45) is 1.72. The first-order chi connectivity index (χ1) is 19.3. The lowest BCUT2D eigenvalue weighted by molar-refractivity contribution is -0.148. The van der Waals surface area contributed by atoms with Gasteiger partial charge in [0.15, 0.2) is 6.10 Å². The average molecular weight is 588 g/mol. The van der Waals surface area contributed by atoms with E-state index in [1.807, 2.05) is 51.1 Å². The smallest absolute Gasteiger partial charge is 0.306 e. The number of esters is 1. The Bertz CT molecular complexity index is 1150. The minimum absolute atomic E-state index is 0.0406. The number of carbonyl (C=O) groups is 4. The summed E-state index contributed by atoms with van der Waals surface area (Å²) in [5, 5.41) is 14.5. The van der Waals surface area contributed by atoms with E-state index in [1.54, 1.807) is 24.3 Å². The van der Waals surface area contributed by atoms with Crippen LogP contribution in [0.4, 0.5) is 0 Å². The van der Waals surface area contributed by atoms with Crippen molar-refractivity contribution in [1.29, 1.82) is 0 Å². The topological polar surface area (TPSA) is 126 Å². The van der Waals surface area contributed by atoms with Gasteiger partial charge in [0.05, 0.1) is 5.92 Å². The number of carboxylic acids is 1. The third-order valence-corrected chi connectivity index (χ3v) is 8.33. The highest BCUT2D eigenvalue weighted by Crippen LogP contribution is 2.31. The van der Waals surface area contributed by atoms with Crippen molar-refractivity contribution in [3.8, 4) is 0 Å². The number of carboxylic acid groups (broad SMARTS) is 1. The third kappa shape index (κ3) is 10.9. The van der Waals surface area contributed by atoms with Crippen LogP contribution in [-0.2, 0) is 25.5 Å². The van der Waals surface area contributed by atoms with E-state index in [0.717, 1.165) is 12.0 Å². The molecule has 41 heavy (non-hydrogen) atoms. The van der Waals surface area contributed by atoms with Crippen molar-refractivity contribution >= 4 is 35.1 Å². The number of carbonyl (C=O) groups excluding carboxylic acids is 3. The molecule has 1 heterocycles. The van der Waals surface area contributed by atoms with Crippen LogP contribution in [-0.4, -0.2) is 57.9 Å². The van der Waals surface area contributed by atoms with E-state index in [1.165, 1.54) is 18.3 Å². The predicted octanol–water partition coefficient (Wildman–Crippen LogP) is 5.51. The molecule has 226 valence electrons. The maximum Gasteiger partial charge on any atom is 0.306 e. The molecular formula is C31H45N3O6S. The lowest BCUT2D eigenvalue weighted by Gasteiger charge is -2.34. The highest BCUT2D eigenvalue weighted by atomic mass is 32.1. The summed E-state index contributed by atoms with van der Waals surface area (Å²) in [6, 6.07) is 8.95. The van der Waals surface area contributed by atoms with Crippen LogP contribution in [0.3, 0.4) is 0 Å². The van der Waals surface area contributed by atoms with Crippen molar-refractivity contribution in [1.82, 2.24) is 15.2 Å². The molecule has 0 aliphatic carbocycles. The lowest BCUT2D eigenvalue weighted by Crippen LogP contribution is -2.42. The zero-order valence-electron chi connectivity index (χ0n) is 25.3. The van der Waals surface area contributed by atoms with Crippen LogP contribution in [0, 0.1) is 17.8 Å². The Morgan fingerprint density at radius 2 is 1.73 bits per heavy atom. The van der Waals surface area contributed by atoms with Crippen LogP contribution in [0.25, 0.3) is 0 Å². The molecule has 9 nitrogen and oxygen atoms in total. The van der Waals surface area contributed by atoms with Gasteiger partial charge < -0.3 is 20.1 Å². The van der Waals surface area contributed by atoms with E-state index in [4.69, 9.17) is 4.74 Å². The zero-order chi connectivity index (χ0) is 30.7. The Hall–Kier alpha value is -3.27.